The van der Waals surface area contributed by atoms with Gasteiger partial charge in [-0.1, -0.05) is 35.9 Å². The number of hydrogen-bond acceptors (Lipinski definition) is 8. The Balaban J connectivity index is 1.31. The number of nitrogens with one attached hydrogen (secondary N) is 2. The first-order valence-electron chi connectivity index (χ1n) is 12.8. The van der Waals surface area contributed by atoms with Gasteiger partial charge < -0.3 is 15.0 Å². The van der Waals surface area contributed by atoms with Crippen LogP contribution in [-0.2, 0) is 11.2 Å². The lowest BCUT2D eigenvalue weighted by atomic mass is 10.0. The summed E-state index contributed by atoms with van der Waals surface area (Å²) in [7, 11) is 0. The zero-order valence-corrected chi connectivity index (χ0v) is 23.9. The van der Waals surface area contributed by atoms with E-state index in [1.807, 2.05) is 55.5 Å². The van der Waals surface area contributed by atoms with Crippen LogP contribution in [-0.4, -0.2) is 50.7 Å². The lowest BCUT2D eigenvalue weighted by Gasteiger charge is -2.42. The van der Waals surface area contributed by atoms with E-state index in [0.717, 1.165) is 35.1 Å². The Morgan fingerprint density at radius 3 is 2.51 bits per heavy atom. The summed E-state index contributed by atoms with van der Waals surface area (Å²) in [5.74, 6) is 2.18. The molecule has 10 heteroatoms. The maximum Gasteiger partial charge on any atom is 0.196 e. The van der Waals surface area contributed by atoms with Gasteiger partial charge in [-0.25, -0.2) is 9.97 Å². The van der Waals surface area contributed by atoms with Crippen molar-refractivity contribution in [1.82, 2.24) is 20.2 Å². The van der Waals surface area contributed by atoms with Gasteiger partial charge >= 0.3 is 0 Å². The molecule has 1 aliphatic heterocycles. The van der Waals surface area contributed by atoms with Gasteiger partial charge in [0, 0.05) is 47.8 Å². The van der Waals surface area contributed by atoms with Crippen LogP contribution in [0, 0.1) is 6.92 Å². The Bertz CT molecular complexity index is 1460. The van der Waals surface area contributed by atoms with Crippen LogP contribution in [0.25, 0.3) is 0 Å². The van der Waals surface area contributed by atoms with E-state index in [1.165, 1.54) is 11.8 Å². The summed E-state index contributed by atoms with van der Waals surface area (Å²) >= 11 is 7.66. The molecule has 202 valence electrons. The van der Waals surface area contributed by atoms with Crippen LogP contribution in [0.1, 0.15) is 42.4 Å². The van der Waals surface area contributed by atoms with Crippen LogP contribution in [0.3, 0.4) is 0 Å². The van der Waals surface area contributed by atoms with Crippen molar-refractivity contribution in [3.05, 3.63) is 82.5 Å². The SMILES string of the molecule is Cc1cc(Nc2cc(N3CC(OC(C)(C)C)C3)nc(Sc3ccc(CC(=O)c4ccccc4Cl)cc3)n2)n[nH]1. The summed E-state index contributed by atoms with van der Waals surface area (Å²) in [6, 6.07) is 18.9. The second kappa shape index (κ2) is 11.4. The van der Waals surface area contributed by atoms with Crippen LogP contribution >= 0.6 is 23.4 Å². The normalized spacial score (nSPS) is 13.8. The Morgan fingerprint density at radius 1 is 1.10 bits per heavy atom. The monoisotopic (exact) mass is 562 g/mol. The number of aromatic amines is 1. The van der Waals surface area contributed by atoms with E-state index in [1.54, 1.807) is 12.1 Å². The van der Waals surface area contributed by atoms with Gasteiger partial charge in [-0.15, -0.1) is 0 Å². The number of rotatable bonds is 9. The number of aryl methyl sites for hydroxylation is 1. The van der Waals surface area contributed by atoms with Crippen molar-refractivity contribution in [2.24, 2.45) is 0 Å². The minimum absolute atomic E-state index is 0.00958. The molecule has 1 fully saturated rings. The molecule has 0 spiro atoms. The minimum atomic E-state index is -0.182. The van der Waals surface area contributed by atoms with Gasteiger partial charge in [0.05, 0.1) is 16.7 Å². The fourth-order valence-electron chi connectivity index (χ4n) is 4.25. The van der Waals surface area contributed by atoms with Crippen molar-refractivity contribution < 1.29 is 9.53 Å². The molecule has 3 heterocycles. The molecule has 2 aromatic carbocycles. The molecule has 0 amide bonds. The molecule has 1 aliphatic rings. The van der Waals surface area contributed by atoms with E-state index in [-0.39, 0.29) is 23.9 Å². The Morgan fingerprint density at radius 2 is 1.85 bits per heavy atom. The summed E-state index contributed by atoms with van der Waals surface area (Å²) in [4.78, 5) is 25.4. The molecule has 0 bridgehead atoms. The zero-order valence-electron chi connectivity index (χ0n) is 22.4. The van der Waals surface area contributed by atoms with Gasteiger partial charge in [0.15, 0.2) is 16.8 Å². The van der Waals surface area contributed by atoms with E-state index < -0.39 is 0 Å². The van der Waals surface area contributed by atoms with Crippen LogP contribution in [0.15, 0.2) is 70.7 Å². The maximum atomic E-state index is 12.7. The number of carbonyl (C=O) groups excluding carboxylic acids is 1. The molecule has 0 radical (unpaired) electrons. The fraction of sp³-hybridized carbons (Fsp3) is 0.310. The molecule has 4 aromatic rings. The van der Waals surface area contributed by atoms with Crippen molar-refractivity contribution in [3.8, 4) is 0 Å². The standard InChI is InChI=1S/C29H31ClN6O2S/c1-18-13-26(35-34-18)31-25-15-27(36-16-20(17-36)38-29(2,3)4)33-28(32-25)39-21-11-9-19(10-12-21)14-24(37)22-7-5-6-8-23(22)30/h5-13,15,20H,14,16-17H2,1-4H3,(H2,31,32,33,34,35). The third-order valence-electron chi connectivity index (χ3n) is 6.02. The third kappa shape index (κ3) is 7.17. The van der Waals surface area contributed by atoms with Gasteiger partial charge in [-0.3, -0.25) is 9.89 Å². The second-order valence-corrected chi connectivity index (χ2v) is 12.0. The van der Waals surface area contributed by atoms with E-state index in [2.05, 4.69) is 41.2 Å². The topological polar surface area (TPSA) is 96.0 Å². The number of H-pyrrole nitrogens is 1. The Hall–Kier alpha value is -3.40. The van der Waals surface area contributed by atoms with Crippen molar-refractivity contribution in [3.63, 3.8) is 0 Å². The van der Waals surface area contributed by atoms with Crippen molar-refractivity contribution in [2.75, 3.05) is 23.3 Å². The molecule has 0 aliphatic carbocycles. The quantitative estimate of drug-likeness (QED) is 0.177. The molecule has 0 atom stereocenters. The molecule has 0 saturated carbocycles. The molecule has 8 nitrogen and oxygen atoms in total. The van der Waals surface area contributed by atoms with Gasteiger partial charge in [0.25, 0.3) is 0 Å². The van der Waals surface area contributed by atoms with Crippen molar-refractivity contribution in [2.45, 2.75) is 55.9 Å². The number of Topliss-reactive ketones (excluding diaryl/α,β-unsaturated/α-hetero) is 1. The third-order valence-corrected chi connectivity index (χ3v) is 7.22. The molecular formula is C29H31ClN6O2S. The number of nitrogens with zero attached hydrogens (tertiary/aromatic N) is 4. The van der Waals surface area contributed by atoms with Crippen LogP contribution in [0.4, 0.5) is 17.5 Å². The first-order chi connectivity index (χ1) is 18.6. The number of benzene rings is 2. The molecule has 5 rings (SSSR count). The first kappa shape index (κ1) is 27.2. The summed E-state index contributed by atoms with van der Waals surface area (Å²) in [6.07, 6.45) is 0.451. The van der Waals surface area contributed by atoms with Crippen molar-refractivity contribution in [1.29, 1.82) is 0 Å². The summed E-state index contributed by atoms with van der Waals surface area (Å²) in [5, 5.41) is 11.6. The smallest absolute Gasteiger partial charge is 0.196 e. The number of anilines is 3. The molecule has 1 saturated heterocycles. The highest BCUT2D eigenvalue weighted by Crippen LogP contribution is 2.32. The van der Waals surface area contributed by atoms with Gasteiger partial charge in [-0.05, 0) is 69.3 Å². The average molecular weight is 563 g/mol. The van der Waals surface area contributed by atoms with E-state index in [4.69, 9.17) is 26.3 Å². The molecule has 2 aromatic heterocycles. The average Bonchev–Trinajstić information content (AvgIpc) is 3.26. The Kier molecular flexibility index (Phi) is 7.93. The molecular weight excluding hydrogens is 532 g/mol. The van der Waals surface area contributed by atoms with Gasteiger partial charge in [-0.2, -0.15) is 5.10 Å². The maximum absolute atomic E-state index is 12.7. The van der Waals surface area contributed by atoms with E-state index >= 15 is 0 Å². The summed E-state index contributed by atoms with van der Waals surface area (Å²) < 4.78 is 6.10. The number of halogens is 1. The van der Waals surface area contributed by atoms with Crippen LogP contribution in [0.5, 0.6) is 0 Å². The number of ether oxygens (including phenoxy) is 1. The first-order valence-corrected chi connectivity index (χ1v) is 14.0. The van der Waals surface area contributed by atoms with E-state index in [9.17, 15) is 4.79 Å². The Labute approximate surface area is 237 Å². The minimum Gasteiger partial charge on any atom is -0.369 e. The number of ketones is 1. The van der Waals surface area contributed by atoms with Crippen LogP contribution < -0.4 is 10.2 Å². The number of aromatic nitrogens is 4. The molecule has 2 N–H and O–H groups in total. The predicted octanol–water partition coefficient (Wildman–Crippen LogP) is 6.49. The lowest BCUT2D eigenvalue weighted by molar-refractivity contribution is -0.0703. The highest BCUT2D eigenvalue weighted by Gasteiger charge is 2.32. The number of carbonyl (C=O) groups is 1. The van der Waals surface area contributed by atoms with Crippen molar-refractivity contribution >= 4 is 46.6 Å². The fourth-order valence-corrected chi connectivity index (χ4v) is 5.25. The zero-order chi connectivity index (χ0) is 27.6. The summed E-state index contributed by atoms with van der Waals surface area (Å²) in [6.45, 7) is 9.70. The van der Waals surface area contributed by atoms with Gasteiger partial charge in [0.1, 0.15) is 11.6 Å². The van der Waals surface area contributed by atoms with Crippen LogP contribution in [0.2, 0.25) is 5.02 Å². The highest BCUT2D eigenvalue weighted by atomic mass is 35.5. The lowest BCUT2D eigenvalue weighted by Crippen LogP contribution is -2.54. The second-order valence-electron chi connectivity index (χ2n) is 10.5. The largest absolute Gasteiger partial charge is 0.369 e. The molecule has 39 heavy (non-hydrogen) atoms. The predicted molar refractivity (Wildman–Crippen MR) is 156 cm³/mol. The summed E-state index contributed by atoms with van der Waals surface area (Å²) in [5.41, 5.74) is 2.23. The highest BCUT2D eigenvalue weighted by molar-refractivity contribution is 7.99. The van der Waals surface area contributed by atoms with E-state index in [0.29, 0.717) is 27.4 Å². The van der Waals surface area contributed by atoms with Gasteiger partial charge in [0.2, 0.25) is 0 Å². The molecule has 0 unspecified atom stereocenters. The number of hydrogen-bond donors (Lipinski definition) is 2.